The van der Waals surface area contributed by atoms with E-state index < -0.39 is 0 Å². The summed E-state index contributed by atoms with van der Waals surface area (Å²) < 4.78 is 0. The summed E-state index contributed by atoms with van der Waals surface area (Å²) in [4.78, 5) is 4.82. The van der Waals surface area contributed by atoms with E-state index in [0.717, 1.165) is 81.5 Å². The summed E-state index contributed by atoms with van der Waals surface area (Å²) in [5, 5.41) is 0. The van der Waals surface area contributed by atoms with Gasteiger partial charge in [0.15, 0.2) is 0 Å². The van der Waals surface area contributed by atoms with Crippen LogP contribution in [0, 0.1) is 47.3 Å². The van der Waals surface area contributed by atoms with Crippen LogP contribution < -0.4 is 9.80 Å². The Morgan fingerprint density at radius 2 is 0.368 bits per heavy atom. The lowest BCUT2D eigenvalue weighted by Gasteiger charge is -2.61. The van der Waals surface area contributed by atoms with E-state index in [1.165, 1.54) is 220 Å². The average Bonchev–Trinajstić information content (AvgIpc) is 1.58. The molecule has 30 rings (SSSR count). The molecule has 0 amide bonds. The molecule has 0 N–H and O–H groups in total. The third kappa shape index (κ3) is 12.9. The van der Waals surface area contributed by atoms with Crippen LogP contribution in [0.4, 0.5) is 34.1 Å². The third-order valence-electron chi connectivity index (χ3n) is 35.0. The molecule has 0 aliphatic heterocycles. The minimum absolute atomic E-state index is 0.0872. The van der Waals surface area contributed by atoms with E-state index in [2.05, 4.69) is 462 Å². The van der Waals surface area contributed by atoms with Crippen molar-refractivity contribution in [1.29, 1.82) is 0 Å². The second-order valence-corrected chi connectivity index (χ2v) is 42.7. The molecule has 2 heteroatoms. The number of nitrogens with zero attached hydrogens (tertiary/aromatic N) is 2. The number of anilines is 6. The Labute approximate surface area is 801 Å². The fraction of sp³-hybridized carbons (Fsp3) is 0.194. The second kappa shape index (κ2) is 31.6. The summed E-state index contributed by atoms with van der Waals surface area (Å²) in [7, 11) is 0. The first-order valence-electron chi connectivity index (χ1n) is 50.3. The van der Waals surface area contributed by atoms with Crippen LogP contribution in [0.3, 0.4) is 0 Å². The largest absolute Gasteiger partial charge is 0.310 e. The monoisotopic (exact) mass is 1750 g/mol. The lowest BCUT2D eigenvalue weighted by molar-refractivity contribution is -0.0399. The summed E-state index contributed by atoms with van der Waals surface area (Å²) in [6, 6.07) is 160. The third-order valence-corrected chi connectivity index (χ3v) is 35.0. The Morgan fingerprint density at radius 3 is 0.691 bits per heavy atom. The zero-order chi connectivity index (χ0) is 90.3. The molecule has 0 atom stereocenters. The van der Waals surface area contributed by atoms with Crippen LogP contribution in [-0.4, -0.2) is 0 Å². The van der Waals surface area contributed by atoms with E-state index >= 15 is 0 Å². The van der Waals surface area contributed by atoms with Gasteiger partial charge in [0.25, 0.3) is 0 Å². The van der Waals surface area contributed by atoms with Gasteiger partial charge < -0.3 is 9.80 Å². The first-order chi connectivity index (χ1) is 66.8. The Balaban J connectivity index is 0.000000138. The molecular formula is C134H110N2. The molecule has 0 heterocycles. The van der Waals surface area contributed by atoms with Gasteiger partial charge in [-0.05, 0) is 381 Å². The van der Waals surface area contributed by atoms with Gasteiger partial charge in [-0.2, -0.15) is 0 Å². The number of rotatable bonds is 14. The highest BCUT2D eigenvalue weighted by Gasteiger charge is 2.63. The molecule has 2 nitrogen and oxygen atoms in total. The SMILES string of the molecule is CC1(C)c2ccccc2-c2ccc(N(c3ccc(-c4ccccc4)cc3)c3ccc(-c4ccc(-c5ccc(-c6ccc7c(c6)-c6ccccc6C76C7CC8CC(C7)CC6C8)cc5)cc4)cc3)cc21.CC1(C)c2ccccc2-c2ccc(N(c3ccc(-c4ccccc4)cc3)c3ccc(-c4ccc(-c5cccc(-c6ccc7c(c6)-c6ccccc6C76C7CC8CC(C7)CC6C8)c5)cc4)cc3)cc21. The highest BCUT2D eigenvalue weighted by molar-refractivity contribution is 5.93. The van der Waals surface area contributed by atoms with Crippen molar-refractivity contribution in [3.8, 4) is 134 Å². The lowest BCUT2D eigenvalue weighted by atomic mass is 9.43. The Bertz CT molecular complexity index is 7670. The van der Waals surface area contributed by atoms with E-state index in [0.29, 0.717) is 0 Å². The first-order valence-corrected chi connectivity index (χ1v) is 50.3. The molecule has 0 aromatic heterocycles. The molecule has 0 saturated heterocycles. The molecule has 8 bridgehead atoms. The predicted molar refractivity (Wildman–Crippen MR) is 567 cm³/mol. The van der Waals surface area contributed by atoms with Gasteiger partial charge in [0, 0.05) is 55.8 Å². The minimum Gasteiger partial charge on any atom is -0.310 e. The normalized spacial score (nSPS) is 21.9. The molecule has 8 saturated carbocycles. The smallest absolute Gasteiger partial charge is 0.0465 e. The highest BCUT2D eigenvalue weighted by atomic mass is 15.1. The fourth-order valence-corrected chi connectivity index (χ4v) is 29.2. The quantitative estimate of drug-likeness (QED) is 0.107. The van der Waals surface area contributed by atoms with Gasteiger partial charge in [0.1, 0.15) is 0 Å². The van der Waals surface area contributed by atoms with E-state index in [1.54, 1.807) is 22.3 Å². The minimum atomic E-state index is -0.0891. The van der Waals surface area contributed by atoms with Crippen molar-refractivity contribution in [3.05, 3.63) is 469 Å². The second-order valence-electron chi connectivity index (χ2n) is 42.7. The molecule has 8 fully saturated rings. The molecule has 2 spiro atoms. The van der Waals surface area contributed by atoms with Gasteiger partial charge in [-0.1, -0.05) is 361 Å². The average molecular weight is 1750 g/mol. The molecule has 0 radical (unpaired) electrons. The number of benzene rings is 18. The first kappa shape index (κ1) is 81.1. The van der Waals surface area contributed by atoms with Crippen molar-refractivity contribution in [3.63, 3.8) is 0 Å². The van der Waals surface area contributed by atoms with Crippen LogP contribution in [0.15, 0.2) is 425 Å². The van der Waals surface area contributed by atoms with Crippen LogP contribution in [0.5, 0.6) is 0 Å². The van der Waals surface area contributed by atoms with Crippen molar-refractivity contribution >= 4 is 34.1 Å². The molecule has 12 aliphatic carbocycles. The highest BCUT2D eigenvalue weighted by Crippen LogP contribution is 2.72. The molecule has 656 valence electrons. The maximum atomic E-state index is 2.55. The Morgan fingerprint density at radius 1 is 0.154 bits per heavy atom. The van der Waals surface area contributed by atoms with Crippen molar-refractivity contribution in [2.24, 2.45) is 47.3 Å². The van der Waals surface area contributed by atoms with E-state index in [9.17, 15) is 0 Å². The van der Waals surface area contributed by atoms with E-state index in [4.69, 9.17) is 0 Å². The zero-order valence-electron chi connectivity index (χ0n) is 78.0. The molecule has 0 unspecified atom stereocenters. The maximum absolute atomic E-state index is 2.55. The maximum Gasteiger partial charge on any atom is 0.0465 e. The summed E-state index contributed by atoms with van der Waals surface area (Å²) in [6.07, 6.45) is 14.3. The van der Waals surface area contributed by atoms with Crippen LogP contribution in [0.1, 0.15) is 136 Å². The molecule has 12 aliphatic rings. The Hall–Kier alpha value is -14.4. The van der Waals surface area contributed by atoms with Gasteiger partial charge in [-0.15, -0.1) is 0 Å². The van der Waals surface area contributed by atoms with Crippen molar-refractivity contribution < 1.29 is 0 Å². The van der Waals surface area contributed by atoms with Crippen LogP contribution in [-0.2, 0) is 21.7 Å². The van der Waals surface area contributed by atoms with Crippen molar-refractivity contribution in [2.45, 2.75) is 114 Å². The fourth-order valence-electron chi connectivity index (χ4n) is 29.2. The van der Waals surface area contributed by atoms with Crippen LogP contribution in [0.25, 0.3) is 134 Å². The Kier molecular flexibility index (Phi) is 18.8. The molecule has 136 heavy (non-hydrogen) atoms. The number of fused-ring (bicyclic) bond motifs is 12. The van der Waals surface area contributed by atoms with Crippen LogP contribution >= 0.6 is 0 Å². The van der Waals surface area contributed by atoms with Gasteiger partial charge in [-0.3, -0.25) is 0 Å². The van der Waals surface area contributed by atoms with Crippen molar-refractivity contribution in [1.82, 2.24) is 0 Å². The number of hydrogen-bond acceptors (Lipinski definition) is 2. The van der Waals surface area contributed by atoms with Crippen LogP contribution in [0.2, 0.25) is 0 Å². The van der Waals surface area contributed by atoms with Gasteiger partial charge >= 0.3 is 0 Å². The van der Waals surface area contributed by atoms with Gasteiger partial charge in [0.2, 0.25) is 0 Å². The molecule has 18 aromatic carbocycles. The zero-order valence-corrected chi connectivity index (χ0v) is 78.0. The summed E-state index contributed by atoms with van der Waals surface area (Å²) in [5.41, 5.74) is 50.3. The topological polar surface area (TPSA) is 6.48 Å². The molecule has 18 aromatic rings. The lowest BCUT2D eigenvalue weighted by Crippen LogP contribution is -2.55. The summed E-state index contributed by atoms with van der Waals surface area (Å²) >= 11 is 0. The van der Waals surface area contributed by atoms with Gasteiger partial charge in [0.05, 0.1) is 0 Å². The standard InChI is InChI=1S/2C67H55N/c1-66(2)62-17-8-6-15-58(62)60-33-32-57(42-65(60)66)68(55-28-23-47(24-29-55)45-11-4-3-5-12-45)56-30-25-48(26-31-56)46-19-21-49(22-20-46)50-13-10-14-51(40-50)52-27-34-64-61(41-52)59-16-7-9-18-63(59)67(64)53-36-43-35-44(38-53)39-54(67)37-43;1-66(2)62-14-8-6-12-58(62)60-34-33-57(42-65(60)66)68(55-29-24-49(25-30-55)45-10-4-3-5-11-45)56-31-26-50(27-32-56)48-18-16-46(17-19-48)47-20-22-51(23-21-47)52-28-35-64-61(41-52)59-13-7-9-15-63(59)67(64)53-37-43-36-44(39-53)40-54(67)38-43/h3-34,40-44,53-54H,35-39H2,1-2H3;3-35,41-44,53-54H,36-40H2,1-2H3. The summed E-state index contributed by atoms with van der Waals surface area (Å²) in [5.74, 6) is 7.00. The summed E-state index contributed by atoms with van der Waals surface area (Å²) in [6.45, 7) is 9.44. The number of hydrogen-bond donors (Lipinski definition) is 0. The van der Waals surface area contributed by atoms with Crippen molar-refractivity contribution in [2.75, 3.05) is 9.80 Å². The molecular weight excluding hydrogens is 1640 g/mol. The van der Waals surface area contributed by atoms with E-state index in [1.807, 2.05) is 0 Å². The van der Waals surface area contributed by atoms with Gasteiger partial charge in [-0.25, -0.2) is 0 Å². The van der Waals surface area contributed by atoms with E-state index in [-0.39, 0.29) is 21.7 Å². The predicted octanol–water partition coefficient (Wildman–Crippen LogP) is 35.7.